The molecule has 2 nitrogen and oxygen atoms in total. The number of pyridine rings is 1. The maximum absolute atomic E-state index is 6.45. The fourth-order valence-corrected chi connectivity index (χ4v) is 6.67. The summed E-state index contributed by atoms with van der Waals surface area (Å²) in [6.45, 7) is 14.0. The second kappa shape index (κ2) is 6.79. The van der Waals surface area contributed by atoms with E-state index in [4.69, 9.17) is 4.42 Å². The summed E-state index contributed by atoms with van der Waals surface area (Å²) in [6, 6.07) is 19.8. The highest BCUT2D eigenvalue weighted by Gasteiger charge is 2.27. The van der Waals surface area contributed by atoms with Crippen LogP contribution in [0.1, 0.15) is 16.7 Å². The van der Waals surface area contributed by atoms with Gasteiger partial charge in [0.1, 0.15) is 18.2 Å². The average molecular weight is 425 g/mol. The Bertz CT molecular complexity index is 1500. The molecule has 0 atom stereocenters. The van der Waals surface area contributed by atoms with E-state index in [1.54, 1.807) is 0 Å². The number of nitrogens with zero attached hydrogens (tertiary/aromatic N) is 1. The van der Waals surface area contributed by atoms with Crippen molar-refractivity contribution < 1.29 is 8.98 Å². The summed E-state index contributed by atoms with van der Waals surface area (Å²) in [5.74, 6) is 0. The van der Waals surface area contributed by atoms with Gasteiger partial charge in [0.05, 0.1) is 13.6 Å². The molecule has 3 heteroatoms. The predicted molar refractivity (Wildman–Crippen MR) is 135 cm³/mol. The molecule has 156 valence electrons. The number of hydrogen-bond donors (Lipinski definition) is 0. The van der Waals surface area contributed by atoms with Crippen molar-refractivity contribution in [2.75, 3.05) is 0 Å². The Balaban J connectivity index is 1.93. The molecule has 2 heterocycles. The van der Waals surface area contributed by atoms with Crippen molar-refractivity contribution in [1.29, 1.82) is 0 Å². The normalized spacial score (nSPS) is 12.4. The Morgan fingerprint density at radius 2 is 1.55 bits per heavy atom. The van der Waals surface area contributed by atoms with E-state index < -0.39 is 8.07 Å². The van der Waals surface area contributed by atoms with E-state index in [1.165, 1.54) is 54.8 Å². The number of fused-ring (bicyclic) bond motifs is 4. The fraction of sp³-hybridized carbons (Fsp3) is 0.250. The summed E-state index contributed by atoms with van der Waals surface area (Å²) in [5, 5.41) is 5.32. The molecule has 0 N–H and O–H groups in total. The number of aryl methyl sites for hydroxylation is 3. The average Bonchev–Trinajstić information content (AvgIpc) is 3.09. The quantitative estimate of drug-likeness (QED) is 0.228. The molecule has 0 aliphatic rings. The maximum atomic E-state index is 6.45. The van der Waals surface area contributed by atoms with Crippen molar-refractivity contribution in [2.45, 2.75) is 40.4 Å². The monoisotopic (exact) mass is 424 g/mol. The van der Waals surface area contributed by atoms with Gasteiger partial charge in [-0.15, -0.1) is 0 Å². The zero-order valence-electron chi connectivity index (χ0n) is 19.6. The van der Waals surface area contributed by atoms with Crippen molar-refractivity contribution >= 4 is 46.1 Å². The van der Waals surface area contributed by atoms with E-state index in [-0.39, 0.29) is 0 Å². The molecule has 0 saturated heterocycles. The highest BCUT2D eigenvalue weighted by atomic mass is 28.3. The Hall–Kier alpha value is -2.91. The second-order valence-corrected chi connectivity index (χ2v) is 14.9. The molecule has 0 bridgehead atoms. The minimum Gasteiger partial charge on any atom is -0.455 e. The van der Waals surface area contributed by atoms with Gasteiger partial charge in [-0.1, -0.05) is 50.0 Å². The van der Waals surface area contributed by atoms with Crippen LogP contribution in [0.4, 0.5) is 0 Å². The van der Waals surface area contributed by atoms with Gasteiger partial charge < -0.3 is 4.42 Å². The lowest BCUT2D eigenvalue weighted by Gasteiger charge is -2.20. The van der Waals surface area contributed by atoms with Gasteiger partial charge in [0, 0.05) is 28.3 Å². The van der Waals surface area contributed by atoms with Crippen LogP contribution in [0.2, 0.25) is 19.6 Å². The first-order valence-corrected chi connectivity index (χ1v) is 14.5. The molecule has 0 spiro atoms. The van der Waals surface area contributed by atoms with Crippen LogP contribution in [0.3, 0.4) is 0 Å². The SMILES string of the molecule is Cc1cc2c(oc3ccccc32)c(-c2cc(C)c3c([Si](C)(C)C)cccc3[n+]2C)c1C. The molecule has 3 aromatic carbocycles. The second-order valence-electron chi connectivity index (χ2n) is 9.89. The molecule has 0 radical (unpaired) electrons. The number of aromatic nitrogens is 1. The Morgan fingerprint density at radius 1 is 0.806 bits per heavy atom. The molecule has 2 aromatic heterocycles. The molecule has 0 aliphatic carbocycles. The number of rotatable bonds is 2. The lowest BCUT2D eigenvalue weighted by molar-refractivity contribution is -0.633. The van der Waals surface area contributed by atoms with Gasteiger partial charge in [-0.25, -0.2) is 0 Å². The molecule has 0 saturated carbocycles. The van der Waals surface area contributed by atoms with Gasteiger partial charge in [-0.2, -0.15) is 4.57 Å². The summed E-state index contributed by atoms with van der Waals surface area (Å²) in [7, 11) is 0.729. The number of para-hydroxylation sites is 1. The minimum absolute atomic E-state index is 0.949. The van der Waals surface area contributed by atoms with Crippen molar-refractivity contribution in [3.05, 3.63) is 71.3 Å². The van der Waals surface area contributed by atoms with E-state index in [0.29, 0.717) is 0 Å². The van der Waals surface area contributed by atoms with Crippen molar-refractivity contribution in [2.24, 2.45) is 7.05 Å². The van der Waals surface area contributed by atoms with Crippen LogP contribution in [-0.4, -0.2) is 8.07 Å². The van der Waals surface area contributed by atoms with Gasteiger partial charge in [-0.05, 0) is 54.8 Å². The van der Waals surface area contributed by atoms with Crippen molar-refractivity contribution in [1.82, 2.24) is 0 Å². The standard InChI is InChI=1S/C28H30NOSi/c1-17-15-21-20-11-8-9-13-24(20)30-28(21)27(19(17)3)23-16-18(2)26-22(29(23)4)12-10-14-25(26)31(5,6)7/h8-16H,1-7H3/q+1. The summed E-state index contributed by atoms with van der Waals surface area (Å²) >= 11 is 0. The zero-order chi connectivity index (χ0) is 22.1. The van der Waals surface area contributed by atoms with Crippen LogP contribution in [0.5, 0.6) is 0 Å². The van der Waals surface area contributed by atoms with Gasteiger partial charge in [0.25, 0.3) is 0 Å². The number of benzene rings is 3. The van der Waals surface area contributed by atoms with Crippen LogP contribution >= 0.6 is 0 Å². The fourth-order valence-electron chi connectivity index (χ4n) is 5.00. The minimum atomic E-state index is -1.47. The van der Waals surface area contributed by atoms with Crippen LogP contribution in [0.15, 0.2) is 59.0 Å². The smallest absolute Gasteiger partial charge is 0.217 e. The number of furan rings is 1. The van der Waals surface area contributed by atoms with Crippen molar-refractivity contribution in [3.8, 4) is 11.3 Å². The maximum Gasteiger partial charge on any atom is 0.217 e. The van der Waals surface area contributed by atoms with Crippen molar-refractivity contribution in [3.63, 3.8) is 0 Å². The lowest BCUT2D eigenvalue weighted by atomic mass is 9.95. The Labute approximate surface area is 185 Å². The molecule has 5 aromatic rings. The first kappa shape index (κ1) is 20.0. The molecule has 5 rings (SSSR count). The van der Waals surface area contributed by atoms with Gasteiger partial charge >= 0.3 is 0 Å². The van der Waals surface area contributed by atoms with Crippen LogP contribution in [0.25, 0.3) is 44.1 Å². The van der Waals surface area contributed by atoms with E-state index >= 15 is 0 Å². The van der Waals surface area contributed by atoms with Crippen LogP contribution in [-0.2, 0) is 7.05 Å². The predicted octanol–water partition coefficient (Wildman–Crippen LogP) is 6.70. The third-order valence-electron chi connectivity index (χ3n) is 6.77. The largest absolute Gasteiger partial charge is 0.455 e. The third-order valence-corrected chi connectivity index (χ3v) is 8.80. The van der Waals surface area contributed by atoms with Crippen LogP contribution < -0.4 is 9.75 Å². The number of hydrogen-bond acceptors (Lipinski definition) is 1. The lowest BCUT2D eigenvalue weighted by Crippen LogP contribution is -2.41. The molecular weight excluding hydrogens is 394 g/mol. The molecule has 0 aliphatic heterocycles. The van der Waals surface area contributed by atoms with E-state index in [9.17, 15) is 0 Å². The third kappa shape index (κ3) is 2.94. The Kier molecular flexibility index (Phi) is 4.39. The molecule has 0 unspecified atom stereocenters. The first-order chi connectivity index (χ1) is 14.7. The van der Waals surface area contributed by atoms with E-state index in [2.05, 4.69) is 101 Å². The molecule has 31 heavy (non-hydrogen) atoms. The van der Waals surface area contributed by atoms with E-state index in [0.717, 1.165) is 11.2 Å². The topological polar surface area (TPSA) is 17.0 Å². The summed E-state index contributed by atoms with van der Waals surface area (Å²) in [5.41, 5.74) is 9.56. The zero-order valence-corrected chi connectivity index (χ0v) is 20.6. The van der Waals surface area contributed by atoms with E-state index in [1.807, 2.05) is 6.07 Å². The summed E-state index contributed by atoms with van der Waals surface area (Å²) in [4.78, 5) is 0. The first-order valence-electron chi connectivity index (χ1n) is 11.0. The molecular formula is C28H30NOSi+. The summed E-state index contributed by atoms with van der Waals surface area (Å²) < 4.78 is 8.81. The van der Waals surface area contributed by atoms with Gasteiger partial charge in [-0.3, -0.25) is 0 Å². The van der Waals surface area contributed by atoms with Gasteiger partial charge in [0.2, 0.25) is 11.2 Å². The molecule has 0 amide bonds. The van der Waals surface area contributed by atoms with Crippen LogP contribution in [0, 0.1) is 20.8 Å². The molecule has 0 fully saturated rings. The Morgan fingerprint density at radius 3 is 2.29 bits per heavy atom. The summed E-state index contributed by atoms with van der Waals surface area (Å²) in [6.07, 6.45) is 0. The van der Waals surface area contributed by atoms with Gasteiger partial charge in [0.15, 0.2) is 0 Å². The highest BCUT2D eigenvalue weighted by molar-refractivity contribution is 6.90. The highest BCUT2D eigenvalue weighted by Crippen LogP contribution is 2.39.